The molecule has 0 aliphatic rings. The van der Waals surface area contributed by atoms with Gasteiger partial charge in [0.15, 0.2) is 11.7 Å². The first-order chi connectivity index (χ1) is 12.0. The van der Waals surface area contributed by atoms with Crippen molar-refractivity contribution in [3.8, 4) is 5.75 Å². The Labute approximate surface area is 155 Å². The zero-order valence-electron chi connectivity index (χ0n) is 13.3. The van der Waals surface area contributed by atoms with Crippen LogP contribution in [0.4, 0.5) is 0 Å². The van der Waals surface area contributed by atoms with Crippen LogP contribution in [-0.4, -0.2) is 23.5 Å². The van der Waals surface area contributed by atoms with Crippen molar-refractivity contribution in [2.75, 3.05) is 6.61 Å². The van der Waals surface area contributed by atoms with Gasteiger partial charge in [-0.15, -0.1) is 0 Å². The van der Waals surface area contributed by atoms with E-state index in [9.17, 15) is 9.59 Å². The minimum atomic E-state index is -0.474. The third-order valence-corrected chi connectivity index (χ3v) is 3.59. The average Bonchev–Trinajstić information content (AvgIpc) is 2.59. The number of rotatable bonds is 4. The lowest BCUT2D eigenvalue weighted by molar-refractivity contribution is -0.121. The van der Waals surface area contributed by atoms with Crippen molar-refractivity contribution < 1.29 is 14.3 Å². The van der Waals surface area contributed by atoms with Crippen molar-refractivity contribution >= 4 is 40.7 Å². The number of aryl methyl sites for hydroxylation is 1. The molecular formula is C17H16ClN3O3S. The second kappa shape index (κ2) is 9.00. The van der Waals surface area contributed by atoms with Gasteiger partial charge in [-0.3, -0.25) is 25.8 Å². The summed E-state index contributed by atoms with van der Waals surface area (Å²) in [5.41, 5.74) is 6.16. The summed E-state index contributed by atoms with van der Waals surface area (Å²) in [4.78, 5) is 23.7. The Morgan fingerprint density at radius 3 is 2.44 bits per heavy atom. The molecule has 3 N–H and O–H groups in total. The number of hydrogen-bond donors (Lipinski definition) is 3. The molecular weight excluding hydrogens is 362 g/mol. The van der Waals surface area contributed by atoms with E-state index in [1.165, 1.54) is 0 Å². The second-order valence-corrected chi connectivity index (χ2v) is 5.85. The summed E-state index contributed by atoms with van der Waals surface area (Å²) in [7, 11) is 0. The zero-order chi connectivity index (χ0) is 18.2. The number of hydrazine groups is 1. The third-order valence-electron chi connectivity index (χ3n) is 3.05. The highest BCUT2D eigenvalue weighted by Gasteiger charge is 2.10. The van der Waals surface area contributed by atoms with E-state index in [0.717, 1.165) is 5.56 Å². The Bertz CT molecular complexity index is 781. The van der Waals surface area contributed by atoms with Crippen LogP contribution in [0, 0.1) is 6.92 Å². The van der Waals surface area contributed by atoms with Crippen molar-refractivity contribution in [2.45, 2.75) is 6.92 Å². The van der Waals surface area contributed by atoms with Crippen LogP contribution in [0.15, 0.2) is 48.5 Å². The molecule has 0 aromatic heterocycles. The first-order valence-corrected chi connectivity index (χ1v) is 8.08. The lowest BCUT2D eigenvalue weighted by Crippen LogP contribution is -2.49. The summed E-state index contributed by atoms with van der Waals surface area (Å²) in [5, 5.41) is 2.64. The maximum atomic E-state index is 11.9. The Balaban J connectivity index is 1.74. The Morgan fingerprint density at radius 1 is 1.08 bits per heavy atom. The highest BCUT2D eigenvalue weighted by molar-refractivity contribution is 7.80. The van der Waals surface area contributed by atoms with E-state index in [4.69, 9.17) is 28.6 Å². The fourth-order valence-corrected chi connectivity index (χ4v) is 2.19. The number of thiocarbonyl (C=S) groups is 1. The minimum absolute atomic E-state index is 0.0575. The summed E-state index contributed by atoms with van der Waals surface area (Å²) in [6, 6.07) is 13.9. The topological polar surface area (TPSA) is 79.5 Å². The highest BCUT2D eigenvalue weighted by Crippen LogP contribution is 2.14. The Kier molecular flexibility index (Phi) is 6.73. The maximum absolute atomic E-state index is 11.9. The predicted octanol–water partition coefficient (Wildman–Crippen LogP) is 2.36. The predicted molar refractivity (Wildman–Crippen MR) is 99.5 cm³/mol. The molecule has 2 aromatic carbocycles. The standard InChI is InChI=1S/C17H16ClN3O3S/c1-11-6-8-12(9-7-11)24-10-15(22)19-17(25)21-20-16(23)13-4-2-3-5-14(13)18/h2-9H,10H2,1H3,(H,20,23)(H2,19,21,22,25). The molecule has 130 valence electrons. The van der Waals surface area contributed by atoms with Gasteiger partial charge in [-0.25, -0.2) is 0 Å². The summed E-state index contributed by atoms with van der Waals surface area (Å²) in [6.45, 7) is 1.75. The van der Waals surface area contributed by atoms with Crippen molar-refractivity contribution in [3.05, 3.63) is 64.7 Å². The normalized spacial score (nSPS) is 9.84. The van der Waals surface area contributed by atoms with E-state index < -0.39 is 11.8 Å². The fraction of sp³-hybridized carbons (Fsp3) is 0.118. The van der Waals surface area contributed by atoms with Crippen molar-refractivity contribution in [1.82, 2.24) is 16.2 Å². The molecule has 0 atom stereocenters. The second-order valence-electron chi connectivity index (χ2n) is 5.04. The number of hydrogen-bond acceptors (Lipinski definition) is 4. The first-order valence-electron chi connectivity index (χ1n) is 7.30. The smallest absolute Gasteiger partial charge is 0.271 e. The molecule has 2 amide bonds. The van der Waals surface area contributed by atoms with E-state index in [2.05, 4.69) is 16.2 Å². The van der Waals surface area contributed by atoms with E-state index in [1.54, 1.807) is 36.4 Å². The molecule has 2 rings (SSSR count). The van der Waals surface area contributed by atoms with Gasteiger partial charge in [-0.1, -0.05) is 41.4 Å². The number of halogens is 1. The number of carbonyl (C=O) groups is 2. The van der Waals surface area contributed by atoms with Gasteiger partial charge in [0.05, 0.1) is 10.6 Å². The van der Waals surface area contributed by atoms with Gasteiger partial charge >= 0.3 is 0 Å². The monoisotopic (exact) mass is 377 g/mol. The molecule has 0 unspecified atom stereocenters. The van der Waals surface area contributed by atoms with Crippen LogP contribution in [0.5, 0.6) is 5.75 Å². The quantitative estimate of drug-likeness (QED) is 0.563. The van der Waals surface area contributed by atoms with Crippen LogP contribution < -0.4 is 20.9 Å². The molecule has 0 aliphatic heterocycles. The minimum Gasteiger partial charge on any atom is -0.484 e. The molecule has 0 saturated heterocycles. The molecule has 0 fully saturated rings. The Hall–Kier alpha value is -2.64. The molecule has 0 radical (unpaired) electrons. The summed E-state index contributed by atoms with van der Waals surface area (Å²) >= 11 is 10.9. The van der Waals surface area contributed by atoms with Gasteiger partial charge in [-0.05, 0) is 43.4 Å². The largest absolute Gasteiger partial charge is 0.484 e. The van der Waals surface area contributed by atoms with Gasteiger partial charge in [0.1, 0.15) is 5.75 Å². The first kappa shape index (κ1) is 18.7. The van der Waals surface area contributed by atoms with Gasteiger partial charge < -0.3 is 4.74 Å². The van der Waals surface area contributed by atoms with E-state index in [-0.39, 0.29) is 17.3 Å². The van der Waals surface area contributed by atoms with Gasteiger partial charge in [-0.2, -0.15) is 0 Å². The van der Waals surface area contributed by atoms with Crippen molar-refractivity contribution in [2.24, 2.45) is 0 Å². The lowest BCUT2D eigenvalue weighted by Gasteiger charge is -2.12. The van der Waals surface area contributed by atoms with Gasteiger partial charge in [0, 0.05) is 0 Å². The Morgan fingerprint density at radius 2 is 1.76 bits per heavy atom. The maximum Gasteiger partial charge on any atom is 0.271 e. The number of amides is 2. The number of benzene rings is 2. The number of carbonyl (C=O) groups excluding carboxylic acids is 2. The van der Waals surface area contributed by atoms with Crippen molar-refractivity contribution in [3.63, 3.8) is 0 Å². The fourth-order valence-electron chi connectivity index (χ4n) is 1.80. The lowest BCUT2D eigenvalue weighted by atomic mass is 10.2. The highest BCUT2D eigenvalue weighted by atomic mass is 35.5. The SMILES string of the molecule is Cc1ccc(OCC(=O)NC(=S)NNC(=O)c2ccccc2Cl)cc1. The molecule has 0 spiro atoms. The van der Waals surface area contributed by atoms with Crippen LogP contribution in [-0.2, 0) is 4.79 Å². The van der Waals surface area contributed by atoms with Crippen molar-refractivity contribution in [1.29, 1.82) is 0 Å². The average molecular weight is 378 g/mol. The van der Waals surface area contributed by atoms with Crippen LogP contribution in [0.2, 0.25) is 5.02 Å². The molecule has 6 nitrogen and oxygen atoms in total. The molecule has 0 aliphatic carbocycles. The van der Waals surface area contributed by atoms with E-state index in [0.29, 0.717) is 10.8 Å². The number of ether oxygens (including phenoxy) is 1. The zero-order valence-corrected chi connectivity index (χ0v) is 14.9. The van der Waals surface area contributed by atoms with Crippen LogP contribution in [0.3, 0.4) is 0 Å². The molecule has 0 saturated carbocycles. The van der Waals surface area contributed by atoms with Crippen LogP contribution in [0.1, 0.15) is 15.9 Å². The van der Waals surface area contributed by atoms with Gasteiger partial charge in [0.25, 0.3) is 11.8 Å². The van der Waals surface area contributed by atoms with Gasteiger partial charge in [0.2, 0.25) is 0 Å². The van der Waals surface area contributed by atoms with Crippen LogP contribution in [0.25, 0.3) is 0 Å². The summed E-state index contributed by atoms with van der Waals surface area (Å²) in [5.74, 6) is -0.352. The summed E-state index contributed by atoms with van der Waals surface area (Å²) in [6.07, 6.45) is 0. The molecule has 0 bridgehead atoms. The van der Waals surface area contributed by atoms with E-state index >= 15 is 0 Å². The molecule has 25 heavy (non-hydrogen) atoms. The number of nitrogens with one attached hydrogen (secondary N) is 3. The molecule has 0 heterocycles. The third kappa shape index (κ3) is 6.06. The summed E-state index contributed by atoms with van der Waals surface area (Å²) < 4.78 is 5.33. The molecule has 8 heteroatoms. The van der Waals surface area contributed by atoms with Crippen LogP contribution >= 0.6 is 23.8 Å². The van der Waals surface area contributed by atoms with E-state index in [1.807, 2.05) is 19.1 Å². The molecule has 2 aromatic rings.